The lowest BCUT2D eigenvalue weighted by Crippen LogP contribution is -2.60. The number of amides is 1. The molecule has 0 aromatic heterocycles. The summed E-state index contributed by atoms with van der Waals surface area (Å²) in [7, 11) is 1.64. The van der Waals surface area contributed by atoms with Gasteiger partial charge in [-0.25, -0.2) is 0 Å². The highest BCUT2D eigenvalue weighted by Gasteiger charge is 2.76. The summed E-state index contributed by atoms with van der Waals surface area (Å²) in [6.45, 7) is 11.0. The molecule has 5 aliphatic rings. The number of hydrogen-bond donors (Lipinski definition) is 2. The highest BCUT2D eigenvalue weighted by atomic mass is 16.6. The summed E-state index contributed by atoms with van der Waals surface area (Å²) in [5.74, 6) is -0.813. The number of fused-ring (bicyclic) bond motifs is 10. The molecule has 276 valence electrons. The Kier molecular flexibility index (Phi) is 10.2. The number of esters is 1. The Bertz CT molecular complexity index is 1680. The van der Waals surface area contributed by atoms with Gasteiger partial charge in [-0.1, -0.05) is 74.9 Å². The SMILES string of the molecule is COCCCN(CC1(O)CCC2c3ccc(cc3C(=O)c3ccccc3)CC(O)CCC(C)=CCCC21C)C(=O)C12CCC(C)(C(=O)O1)C2(C)C. The van der Waals surface area contributed by atoms with Gasteiger partial charge in [-0.2, -0.15) is 0 Å². The summed E-state index contributed by atoms with van der Waals surface area (Å²) >= 11 is 0. The number of ketones is 1. The first-order chi connectivity index (χ1) is 24.1. The van der Waals surface area contributed by atoms with Crippen LogP contribution in [0.1, 0.15) is 125 Å². The van der Waals surface area contributed by atoms with Crippen LogP contribution in [0.4, 0.5) is 0 Å². The van der Waals surface area contributed by atoms with E-state index in [9.17, 15) is 24.6 Å². The number of aliphatic hydroxyl groups excluding tert-OH is 1. The van der Waals surface area contributed by atoms with E-state index in [0.717, 1.165) is 17.5 Å². The van der Waals surface area contributed by atoms with E-state index in [1.807, 2.05) is 69.3 Å². The number of ether oxygens (including phenoxy) is 2. The molecule has 51 heavy (non-hydrogen) atoms. The van der Waals surface area contributed by atoms with Crippen LogP contribution in [0.5, 0.6) is 0 Å². The molecule has 7 rings (SSSR count). The first-order valence-electron chi connectivity index (χ1n) is 18.9. The molecule has 2 N–H and O–H groups in total. The molecule has 6 atom stereocenters. The molecule has 0 radical (unpaired) electrons. The minimum absolute atomic E-state index is 0.0763. The van der Waals surface area contributed by atoms with Gasteiger partial charge in [-0.3, -0.25) is 14.4 Å². The molecule has 1 aliphatic heterocycles. The van der Waals surface area contributed by atoms with Crippen LogP contribution < -0.4 is 0 Å². The molecule has 8 heteroatoms. The van der Waals surface area contributed by atoms with Crippen molar-refractivity contribution in [1.82, 2.24) is 4.90 Å². The van der Waals surface area contributed by atoms with Crippen molar-refractivity contribution in [3.05, 3.63) is 82.4 Å². The Labute approximate surface area is 303 Å². The van der Waals surface area contributed by atoms with Crippen molar-refractivity contribution in [3.63, 3.8) is 0 Å². The number of rotatable bonds is 9. The number of nitrogens with zero attached hydrogens (tertiary/aromatic N) is 1. The highest BCUT2D eigenvalue weighted by molar-refractivity contribution is 6.10. The van der Waals surface area contributed by atoms with E-state index >= 15 is 0 Å². The van der Waals surface area contributed by atoms with Crippen LogP contribution in [0.3, 0.4) is 0 Å². The zero-order valence-electron chi connectivity index (χ0n) is 31.4. The molecule has 1 saturated heterocycles. The van der Waals surface area contributed by atoms with Crippen molar-refractivity contribution in [2.75, 3.05) is 26.8 Å². The van der Waals surface area contributed by atoms with E-state index < -0.39 is 33.6 Å². The van der Waals surface area contributed by atoms with Gasteiger partial charge in [0.05, 0.1) is 23.7 Å². The second kappa shape index (κ2) is 13.9. The van der Waals surface area contributed by atoms with E-state index in [-0.39, 0.29) is 30.1 Å². The molecule has 1 amide bonds. The van der Waals surface area contributed by atoms with E-state index in [2.05, 4.69) is 19.9 Å². The summed E-state index contributed by atoms with van der Waals surface area (Å²) in [6, 6.07) is 15.3. The molecule has 8 nitrogen and oxygen atoms in total. The molecule has 2 aromatic rings. The van der Waals surface area contributed by atoms with Crippen molar-refractivity contribution >= 4 is 17.7 Å². The average molecular weight is 700 g/mol. The van der Waals surface area contributed by atoms with Crippen molar-refractivity contribution in [1.29, 1.82) is 0 Å². The zero-order chi connectivity index (χ0) is 36.8. The monoisotopic (exact) mass is 699 g/mol. The third-order valence-electron chi connectivity index (χ3n) is 13.9. The number of carbonyl (C=O) groups excluding carboxylic acids is 3. The quantitative estimate of drug-likeness (QED) is 0.126. The molecule has 4 bridgehead atoms. The molecule has 4 aliphatic carbocycles. The number of methoxy groups -OCH3 is 1. The zero-order valence-corrected chi connectivity index (χ0v) is 31.4. The molecular formula is C43H57NO7. The van der Waals surface area contributed by atoms with Crippen LogP contribution in [0.2, 0.25) is 0 Å². The first kappa shape index (κ1) is 37.4. The standard InChI is InChI=1S/C43H57NO7/c1-29-12-10-20-40(4)35(33-18-16-30(26-32(45)17-15-29)27-34(33)36(46)31-13-8-7-9-14-31)19-21-42(40,49)28-44(24-11-25-50-6)37(47)43-23-22-41(5,38(48)51-43)39(43,2)3/h7-9,12-14,16,18,27,32,35,45,49H,10-11,15,17,19-26,28H2,1-6H3. The third-order valence-corrected chi connectivity index (χ3v) is 13.9. The Morgan fingerprint density at radius 3 is 2.41 bits per heavy atom. The Balaban J connectivity index is 1.43. The summed E-state index contributed by atoms with van der Waals surface area (Å²) in [5.41, 5.74) is -0.571. The van der Waals surface area contributed by atoms with Gasteiger partial charge in [0.1, 0.15) is 0 Å². The van der Waals surface area contributed by atoms with Gasteiger partial charge >= 0.3 is 5.97 Å². The predicted octanol–water partition coefficient (Wildman–Crippen LogP) is 6.94. The van der Waals surface area contributed by atoms with E-state index in [4.69, 9.17) is 9.47 Å². The minimum Gasteiger partial charge on any atom is -0.448 e. The second-order valence-corrected chi connectivity index (χ2v) is 16.9. The third kappa shape index (κ3) is 6.19. The van der Waals surface area contributed by atoms with Gasteiger partial charge in [-0.05, 0) is 101 Å². The number of allylic oxidation sites excluding steroid dienone is 2. The Morgan fingerprint density at radius 1 is 1.00 bits per heavy atom. The average Bonchev–Trinajstić information content (AvgIpc) is 3.54. The number of aliphatic hydroxyl groups is 2. The first-order valence-corrected chi connectivity index (χ1v) is 18.9. The van der Waals surface area contributed by atoms with Crippen LogP contribution in [-0.4, -0.2) is 76.9 Å². The van der Waals surface area contributed by atoms with E-state index in [1.165, 1.54) is 5.57 Å². The number of carbonyl (C=O) groups is 3. The molecular weight excluding hydrogens is 642 g/mol. The van der Waals surface area contributed by atoms with E-state index in [1.54, 1.807) is 12.0 Å². The predicted molar refractivity (Wildman–Crippen MR) is 196 cm³/mol. The number of benzene rings is 2. The molecule has 3 fully saturated rings. The van der Waals surface area contributed by atoms with Crippen LogP contribution in [0.15, 0.2) is 60.2 Å². The van der Waals surface area contributed by atoms with Crippen molar-refractivity contribution < 1.29 is 34.1 Å². The van der Waals surface area contributed by atoms with Crippen molar-refractivity contribution in [3.8, 4) is 0 Å². The summed E-state index contributed by atoms with van der Waals surface area (Å²) in [6.07, 6.45) is 7.57. The summed E-state index contributed by atoms with van der Waals surface area (Å²) in [4.78, 5) is 44.1. The fourth-order valence-corrected chi connectivity index (χ4v) is 9.89. The van der Waals surface area contributed by atoms with Gasteiger partial charge < -0.3 is 24.6 Å². The maximum atomic E-state index is 14.9. The molecule has 0 spiro atoms. The topological polar surface area (TPSA) is 113 Å². The van der Waals surface area contributed by atoms with Gasteiger partial charge in [0.2, 0.25) is 0 Å². The van der Waals surface area contributed by atoms with Crippen molar-refractivity contribution in [2.45, 2.75) is 122 Å². The lowest BCUT2D eigenvalue weighted by atomic mass is 9.64. The molecule has 2 aromatic carbocycles. The maximum absolute atomic E-state index is 14.9. The van der Waals surface area contributed by atoms with Crippen LogP contribution in [-0.2, 0) is 25.5 Å². The Hall–Kier alpha value is -3.33. The molecule has 1 heterocycles. The lowest BCUT2D eigenvalue weighted by Gasteiger charge is -2.47. The largest absolute Gasteiger partial charge is 0.448 e. The van der Waals surface area contributed by atoms with E-state index in [0.29, 0.717) is 82.1 Å². The van der Waals surface area contributed by atoms with Gasteiger partial charge in [0.15, 0.2) is 11.4 Å². The second-order valence-electron chi connectivity index (χ2n) is 16.9. The normalized spacial score (nSPS) is 32.9. The van der Waals surface area contributed by atoms with Crippen LogP contribution in [0.25, 0.3) is 0 Å². The lowest BCUT2D eigenvalue weighted by molar-refractivity contribution is -0.177. The van der Waals surface area contributed by atoms with Gasteiger partial charge in [0, 0.05) is 42.2 Å². The molecule has 6 unspecified atom stereocenters. The van der Waals surface area contributed by atoms with Crippen molar-refractivity contribution in [2.24, 2.45) is 16.2 Å². The van der Waals surface area contributed by atoms with Gasteiger partial charge in [-0.15, -0.1) is 0 Å². The van der Waals surface area contributed by atoms with Gasteiger partial charge in [0.25, 0.3) is 5.91 Å². The summed E-state index contributed by atoms with van der Waals surface area (Å²) < 4.78 is 11.5. The minimum atomic E-state index is -1.30. The maximum Gasteiger partial charge on any atom is 0.313 e. The highest BCUT2D eigenvalue weighted by Crippen LogP contribution is 2.66. The fourth-order valence-electron chi connectivity index (χ4n) is 9.89. The molecule has 2 saturated carbocycles. The van der Waals surface area contributed by atoms with Crippen LogP contribution in [0, 0.1) is 16.2 Å². The smallest absolute Gasteiger partial charge is 0.313 e. The number of hydrogen-bond acceptors (Lipinski definition) is 7. The summed E-state index contributed by atoms with van der Waals surface area (Å²) in [5, 5.41) is 24.0. The Morgan fingerprint density at radius 2 is 1.75 bits per heavy atom. The van der Waals surface area contributed by atoms with Crippen LogP contribution >= 0.6 is 0 Å². The fraction of sp³-hybridized carbons (Fsp3) is 0.605.